The number of aliphatic hydroxyl groups excluding tert-OH is 1. The lowest BCUT2D eigenvalue weighted by atomic mass is 10.3. The van der Waals surface area contributed by atoms with Gasteiger partial charge in [-0.1, -0.05) is 6.07 Å². The summed E-state index contributed by atoms with van der Waals surface area (Å²) in [6.45, 7) is 1.77. The third kappa shape index (κ3) is 2.96. The molecule has 0 radical (unpaired) electrons. The minimum atomic E-state index is -0.988. The van der Waals surface area contributed by atoms with Crippen LogP contribution in [0.5, 0.6) is 5.75 Å². The van der Waals surface area contributed by atoms with Crippen LogP contribution in [0.1, 0.15) is 13.3 Å². The summed E-state index contributed by atoms with van der Waals surface area (Å²) in [5.41, 5.74) is 0. The maximum absolute atomic E-state index is 13.0. The molecule has 0 aromatic heterocycles. The number of hydrogen-bond donors (Lipinski definition) is 1. The average Bonchev–Trinajstić information content (AvgIpc) is 2.12. The van der Waals surface area contributed by atoms with Gasteiger partial charge >= 0.3 is 0 Å². The molecule has 1 atom stereocenters. The predicted octanol–water partition coefficient (Wildman–Crippen LogP) is 2.11. The van der Waals surface area contributed by atoms with Crippen molar-refractivity contribution < 1.29 is 18.6 Å². The average molecular weight is 202 g/mol. The van der Waals surface area contributed by atoms with E-state index in [1.165, 1.54) is 12.1 Å². The highest BCUT2D eigenvalue weighted by Gasteiger charge is 2.08. The first-order valence-corrected chi connectivity index (χ1v) is 4.36. The van der Waals surface area contributed by atoms with Gasteiger partial charge in [0.1, 0.15) is 0 Å². The predicted molar refractivity (Wildman–Crippen MR) is 48.2 cm³/mol. The standard InChI is InChI=1S/C10H12F2O2/c1-7(13)5-6-14-9-4-2-3-8(11)10(9)12/h2-4,7,13H,5-6H2,1H3. The molecule has 4 heteroatoms. The molecule has 1 rings (SSSR count). The maximum atomic E-state index is 13.0. The zero-order chi connectivity index (χ0) is 10.6. The molecule has 1 N–H and O–H groups in total. The van der Waals surface area contributed by atoms with Crippen molar-refractivity contribution in [3.63, 3.8) is 0 Å². The van der Waals surface area contributed by atoms with Gasteiger partial charge in [-0.25, -0.2) is 4.39 Å². The van der Waals surface area contributed by atoms with Crippen molar-refractivity contribution in [3.05, 3.63) is 29.8 Å². The Hall–Kier alpha value is -1.16. The fourth-order valence-corrected chi connectivity index (χ4v) is 0.935. The number of ether oxygens (including phenoxy) is 1. The topological polar surface area (TPSA) is 29.5 Å². The lowest BCUT2D eigenvalue weighted by molar-refractivity contribution is 0.153. The first-order valence-electron chi connectivity index (χ1n) is 4.36. The smallest absolute Gasteiger partial charge is 0.200 e. The molecule has 0 aliphatic heterocycles. The number of benzene rings is 1. The zero-order valence-electron chi connectivity index (χ0n) is 7.84. The van der Waals surface area contributed by atoms with Crippen molar-refractivity contribution in [2.45, 2.75) is 19.4 Å². The van der Waals surface area contributed by atoms with Crippen LogP contribution >= 0.6 is 0 Å². The summed E-state index contributed by atoms with van der Waals surface area (Å²) in [5, 5.41) is 8.91. The van der Waals surface area contributed by atoms with E-state index in [-0.39, 0.29) is 12.4 Å². The van der Waals surface area contributed by atoms with Crippen LogP contribution < -0.4 is 4.74 Å². The molecule has 14 heavy (non-hydrogen) atoms. The Morgan fingerprint density at radius 1 is 1.43 bits per heavy atom. The first kappa shape index (κ1) is 10.9. The van der Waals surface area contributed by atoms with Crippen LogP contribution in [0, 0.1) is 11.6 Å². The van der Waals surface area contributed by atoms with Gasteiger partial charge in [0.05, 0.1) is 12.7 Å². The second kappa shape index (κ2) is 4.91. The van der Waals surface area contributed by atoms with E-state index >= 15 is 0 Å². The molecule has 1 aromatic rings. The highest BCUT2D eigenvalue weighted by atomic mass is 19.2. The summed E-state index contributed by atoms with van der Waals surface area (Å²) in [6.07, 6.45) is -0.123. The van der Waals surface area contributed by atoms with Crippen LogP contribution in [-0.2, 0) is 0 Å². The van der Waals surface area contributed by atoms with Crippen molar-refractivity contribution in [2.24, 2.45) is 0 Å². The second-order valence-electron chi connectivity index (χ2n) is 3.04. The summed E-state index contributed by atoms with van der Waals surface area (Å²) in [6, 6.07) is 3.74. The largest absolute Gasteiger partial charge is 0.490 e. The van der Waals surface area contributed by atoms with E-state index in [0.717, 1.165) is 6.07 Å². The fraction of sp³-hybridized carbons (Fsp3) is 0.400. The van der Waals surface area contributed by atoms with E-state index in [2.05, 4.69) is 0 Å². The molecule has 1 aromatic carbocycles. The van der Waals surface area contributed by atoms with Crippen LogP contribution in [0.4, 0.5) is 8.78 Å². The fourth-order valence-electron chi connectivity index (χ4n) is 0.935. The molecule has 0 saturated heterocycles. The van der Waals surface area contributed by atoms with E-state index < -0.39 is 17.7 Å². The Kier molecular flexibility index (Phi) is 3.83. The Labute approximate surface area is 81.1 Å². The number of hydrogen-bond acceptors (Lipinski definition) is 2. The van der Waals surface area contributed by atoms with E-state index in [0.29, 0.717) is 6.42 Å². The molecule has 0 bridgehead atoms. The first-order chi connectivity index (χ1) is 6.61. The monoisotopic (exact) mass is 202 g/mol. The molecule has 0 aliphatic carbocycles. The Balaban J connectivity index is 2.54. The quantitative estimate of drug-likeness (QED) is 0.810. The summed E-state index contributed by atoms with van der Waals surface area (Å²) < 4.78 is 30.6. The molecule has 0 aliphatic rings. The number of halogens is 2. The Morgan fingerprint density at radius 3 is 2.79 bits per heavy atom. The molecule has 0 fully saturated rings. The summed E-state index contributed by atoms with van der Waals surface area (Å²) >= 11 is 0. The van der Waals surface area contributed by atoms with Gasteiger partial charge in [0.15, 0.2) is 11.6 Å². The number of aliphatic hydroxyl groups is 1. The summed E-state index contributed by atoms with van der Waals surface area (Å²) in [7, 11) is 0. The second-order valence-corrected chi connectivity index (χ2v) is 3.04. The SMILES string of the molecule is CC(O)CCOc1cccc(F)c1F. The molecule has 0 amide bonds. The van der Waals surface area contributed by atoms with E-state index in [4.69, 9.17) is 9.84 Å². The van der Waals surface area contributed by atoms with Crippen LogP contribution in [0.2, 0.25) is 0 Å². The molecule has 0 saturated carbocycles. The zero-order valence-corrected chi connectivity index (χ0v) is 7.84. The van der Waals surface area contributed by atoms with Crippen LogP contribution in [-0.4, -0.2) is 17.8 Å². The molecule has 0 spiro atoms. The van der Waals surface area contributed by atoms with Crippen molar-refractivity contribution in [2.75, 3.05) is 6.61 Å². The number of rotatable bonds is 4. The Morgan fingerprint density at radius 2 is 2.14 bits per heavy atom. The van der Waals surface area contributed by atoms with Crippen molar-refractivity contribution >= 4 is 0 Å². The van der Waals surface area contributed by atoms with Gasteiger partial charge in [0.25, 0.3) is 0 Å². The lowest BCUT2D eigenvalue weighted by Gasteiger charge is -2.08. The minimum Gasteiger partial charge on any atom is -0.490 e. The van der Waals surface area contributed by atoms with Crippen LogP contribution in [0.25, 0.3) is 0 Å². The highest BCUT2D eigenvalue weighted by molar-refractivity contribution is 5.24. The minimum absolute atomic E-state index is 0.120. The molecule has 0 heterocycles. The van der Waals surface area contributed by atoms with E-state index in [1.54, 1.807) is 6.92 Å². The molecule has 1 unspecified atom stereocenters. The van der Waals surface area contributed by atoms with Crippen molar-refractivity contribution in [1.82, 2.24) is 0 Å². The van der Waals surface area contributed by atoms with Gasteiger partial charge in [-0.2, -0.15) is 4.39 Å². The normalized spacial score (nSPS) is 12.6. The van der Waals surface area contributed by atoms with Crippen LogP contribution in [0.3, 0.4) is 0 Å². The maximum Gasteiger partial charge on any atom is 0.200 e. The van der Waals surface area contributed by atoms with E-state index in [1.807, 2.05) is 0 Å². The molecule has 2 nitrogen and oxygen atoms in total. The molecule has 78 valence electrons. The van der Waals surface area contributed by atoms with Crippen molar-refractivity contribution in [1.29, 1.82) is 0 Å². The summed E-state index contributed by atoms with van der Waals surface area (Å²) in [5.74, 6) is -2.04. The summed E-state index contributed by atoms with van der Waals surface area (Å²) in [4.78, 5) is 0. The third-order valence-corrected chi connectivity index (χ3v) is 1.71. The van der Waals surface area contributed by atoms with Gasteiger partial charge in [-0.3, -0.25) is 0 Å². The van der Waals surface area contributed by atoms with E-state index in [9.17, 15) is 8.78 Å². The lowest BCUT2D eigenvalue weighted by Crippen LogP contribution is -2.08. The molecular weight excluding hydrogens is 190 g/mol. The van der Waals surface area contributed by atoms with Gasteiger partial charge in [0.2, 0.25) is 5.82 Å². The Bertz CT molecular complexity index is 300. The van der Waals surface area contributed by atoms with Crippen molar-refractivity contribution in [3.8, 4) is 5.75 Å². The van der Waals surface area contributed by atoms with Crippen LogP contribution in [0.15, 0.2) is 18.2 Å². The van der Waals surface area contributed by atoms with Gasteiger partial charge < -0.3 is 9.84 Å². The molecular formula is C10H12F2O2. The highest BCUT2D eigenvalue weighted by Crippen LogP contribution is 2.19. The van der Waals surface area contributed by atoms with Gasteiger partial charge in [-0.05, 0) is 19.1 Å². The van der Waals surface area contributed by atoms with Gasteiger partial charge in [0, 0.05) is 6.42 Å². The third-order valence-electron chi connectivity index (χ3n) is 1.71. The van der Waals surface area contributed by atoms with Gasteiger partial charge in [-0.15, -0.1) is 0 Å².